The van der Waals surface area contributed by atoms with Crippen LogP contribution in [0.4, 0.5) is 0 Å². The lowest BCUT2D eigenvalue weighted by Gasteiger charge is -1.98. The Kier molecular flexibility index (Phi) is 3.08. The third-order valence-corrected chi connectivity index (χ3v) is 1.49. The highest BCUT2D eigenvalue weighted by molar-refractivity contribution is 5.96. The average Bonchev–Trinajstić information content (AvgIpc) is 2.02. The summed E-state index contributed by atoms with van der Waals surface area (Å²) in [6.45, 7) is 0. The molecule has 0 aliphatic heterocycles. The normalized spacial score (nSPS) is 20.2. The maximum absolute atomic E-state index is 11.1. The van der Waals surface area contributed by atoms with Crippen molar-refractivity contribution in [2.45, 2.75) is 0 Å². The van der Waals surface area contributed by atoms with E-state index in [2.05, 4.69) is 5.32 Å². The summed E-state index contributed by atoms with van der Waals surface area (Å²) in [5.74, 6) is -0.0637. The zero-order chi connectivity index (χ0) is 8.81. The van der Waals surface area contributed by atoms with Gasteiger partial charge in [-0.3, -0.25) is 4.79 Å². The number of allylic oxidation sites excluding steroid dienone is 6. The molecule has 1 aliphatic carbocycles. The molecular weight excluding hydrogens is 150 g/mol. The van der Waals surface area contributed by atoms with E-state index in [0.29, 0.717) is 5.57 Å². The molecule has 1 aliphatic rings. The Bertz CT molecular complexity index is 282. The number of carbonyl (C=O) groups excluding carboxylic acids is 1. The van der Waals surface area contributed by atoms with Crippen LogP contribution in [0.2, 0.25) is 0 Å². The highest BCUT2D eigenvalue weighted by atomic mass is 16.1. The first-order valence-corrected chi connectivity index (χ1v) is 3.78. The minimum Gasteiger partial charge on any atom is -0.355 e. The molecule has 0 unspecified atom stereocenters. The Morgan fingerprint density at radius 1 is 1.17 bits per heavy atom. The van der Waals surface area contributed by atoms with Gasteiger partial charge < -0.3 is 5.32 Å². The van der Waals surface area contributed by atoms with Crippen LogP contribution in [0.15, 0.2) is 48.1 Å². The van der Waals surface area contributed by atoms with Crippen molar-refractivity contribution in [1.82, 2.24) is 5.32 Å². The standard InChI is InChI=1S/C10H11NO/c1-11-10(12)9-7-5-3-2-4-6-8-9/h2-8H,1H3,(H,11,12)/b3-2-,4-2?,5-3?,6-4-,7-5?,8-6?,9-7?,9-8?. The van der Waals surface area contributed by atoms with Gasteiger partial charge in [0.05, 0.1) is 0 Å². The predicted molar refractivity (Wildman–Crippen MR) is 49.6 cm³/mol. The van der Waals surface area contributed by atoms with E-state index < -0.39 is 0 Å². The minimum absolute atomic E-state index is 0.0637. The Balaban J connectivity index is 2.82. The molecule has 0 atom stereocenters. The maximum Gasteiger partial charge on any atom is 0.251 e. The molecule has 0 aromatic carbocycles. The van der Waals surface area contributed by atoms with Crippen LogP contribution in [-0.4, -0.2) is 13.0 Å². The second kappa shape index (κ2) is 4.34. The minimum atomic E-state index is -0.0637. The van der Waals surface area contributed by atoms with Crippen molar-refractivity contribution in [3.63, 3.8) is 0 Å². The van der Waals surface area contributed by atoms with E-state index in [9.17, 15) is 4.79 Å². The number of hydrogen-bond donors (Lipinski definition) is 1. The lowest BCUT2D eigenvalue weighted by molar-refractivity contribution is -0.116. The van der Waals surface area contributed by atoms with Crippen LogP contribution in [0, 0.1) is 0 Å². The van der Waals surface area contributed by atoms with E-state index in [1.54, 1.807) is 19.2 Å². The summed E-state index contributed by atoms with van der Waals surface area (Å²) >= 11 is 0. The van der Waals surface area contributed by atoms with Gasteiger partial charge in [-0.2, -0.15) is 0 Å². The molecule has 0 bridgehead atoms. The van der Waals surface area contributed by atoms with Crippen molar-refractivity contribution in [2.75, 3.05) is 7.05 Å². The van der Waals surface area contributed by atoms with Gasteiger partial charge in [0.15, 0.2) is 0 Å². The fraction of sp³-hybridized carbons (Fsp3) is 0.100. The molecule has 12 heavy (non-hydrogen) atoms. The Labute approximate surface area is 72.0 Å². The Morgan fingerprint density at radius 2 is 1.83 bits per heavy atom. The lowest BCUT2D eigenvalue weighted by Crippen LogP contribution is -2.18. The van der Waals surface area contributed by atoms with E-state index in [1.165, 1.54) is 0 Å². The van der Waals surface area contributed by atoms with E-state index >= 15 is 0 Å². The van der Waals surface area contributed by atoms with Crippen molar-refractivity contribution < 1.29 is 4.79 Å². The van der Waals surface area contributed by atoms with Gasteiger partial charge in [0, 0.05) is 12.6 Å². The molecular formula is C10H11NO. The summed E-state index contributed by atoms with van der Waals surface area (Å²) in [7, 11) is 1.62. The topological polar surface area (TPSA) is 29.1 Å². The van der Waals surface area contributed by atoms with Gasteiger partial charge in [0.25, 0.3) is 5.91 Å². The quantitative estimate of drug-likeness (QED) is 0.617. The monoisotopic (exact) mass is 161 g/mol. The molecule has 2 heteroatoms. The zero-order valence-corrected chi connectivity index (χ0v) is 6.95. The van der Waals surface area contributed by atoms with Crippen LogP contribution in [-0.2, 0) is 4.79 Å². The molecule has 0 aromatic rings. The van der Waals surface area contributed by atoms with Gasteiger partial charge in [-0.1, -0.05) is 30.4 Å². The summed E-state index contributed by atoms with van der Waals surface area (Å²) in [5.41, 5.74) is 0.665. The van der Waals surface area contributed by atoms with Gasteiger partial charge >= 0.3 is 0 Å². The van der Waals surface area contributed by atoms with Crippen LogP contribution in [0.3, 0.4) is 0 Å². The van der Waals surface area contributed by atoms with Gasteiger partial charge in [0.2, 0.25) is 0 Å². The van der Waals surface area contributed by atoms with Crippen LogP contribution in [0.1, 0.15) is 0 Å². The molecule has 0 spiro atoms. The first-order valence-electron chi connectivity index (χ1n) is 3.78. The van der Waals surface area contributed by atoms with Crippen molar-refractivity contribution >= 4 is 5.91 Å². The van der Waals surface area contributed by atoms with E-state index in [1.807, 2.05) is 30.4 Å². The van der Waals surface area contributed by atoms with Crippen molar-refractivity contribution in [3.8, 4) is 0 Å². The van der Waals surface area contributed by atoms with Crippen molar-refractivity contribution in [3.05, 3.63) is 48.1 Å². The first kappa shape index (κ1) is 8.53. The summed E-state index contributed by atoms with van der Waals surface area (Å²) in [6, 6.07) is 0. The van der Waals surface area contributed by atoms with Gasteiger partial charge in [0.1, 0.15) is 0 Å². The molecule has 1 rings (SSSR count). The van der Waals surface area contributed by atoms with E-state index in [-0.39, 0.29) is 5.91 Å². The van der Waals surface area contributed by atoms with Crippen molar-refractivity contribution in [1.29, 1.82) is 0 Å². The highest BCUT2D eigenvalue weighted by Gasteiger charge is 2.00. The smallest absolute Gasteiger partial charge is 0.251 e. The number of likely N-dealkylation sites (N-methyl/N-ethyl adjacent to an activating group) is 1. The molecule has 0 radical (unpaired) electrons. The van der Waals surface area contributed by atoms with Gasteiger partial charge in [-0.05, 0) is 12.2 Å². The Morgan fingerprint density at radius 3 is 2.58 bits per heavy atom. The van der Waals surface area contributed by atoms with Crippen LogP contribution < -0.4 is 5.32 Å². The SMILES string of the molecule is CNC(=O)C1=C/C=C\C=C/C=C1. The average molecular weight is 161 g/mol. The first-order chi connectivity index (χ1) is 5.84. The second-order valence-electron chi connectivity index (χ2n) is 2.33. The third-order valence-electron chi connectivity index (χ3n) is 1.49. The summed E-state index contributed by atoms with van der Waals surface area (Å²) in [4.78, 5) is 11.1. The molecule has 0 saturated carbocycles. The van der Waals surface area contributed by atoms with E-state index in [0.717, 1.165) is 0 Å². The van der Waals surface area contributed by atoms with Crippen LogP contribution in [0.5, 0.6) is 0 Å². The second-order valence-corrected chi connectivity index (χ2v) is 2.33. The molecule has 0 saturated heterocycles. The number of rotatable bonds is 1. The molecule has 1 N–H and O–H groups in total. The van der Waals surface area contributed by atoms with Gasteiger partial charge in [-0.25, -0.2) is 0 Å². The lowest BCUT2D eigenvalue weighted by atomic mass is 10.2. The van der Waals surface area contributed by atoms with Crippen LogP contribution in [0.25, 0.3) is 0 Å². The fourth-order valence-corrected chi connectivity index (χ4v) is 0.862. The fourth-order valence-electron chi connectivity index (χ4n) is 0.862. The maximum atomic E-state index is 11.1. The number of carbonyl (C=O) groups is 1. The number of nitrogens with one attached hydrogen (secondary N) is 1. The van der Waals surface area contributed by atoms with Gasteiger partial charge in [-0.15, -0.1) is 0 Å². The summed E-state index contributed by atoms with van der Waals surface area (Å²) in [5, 5.41) is 2.57. The molecule has 2 nitrogen and oxygen atoms in total. The molecule has 62 valence electrons. The van der Waals surface area contributed by atoms with E-state index in [4.69, 9.17) is 0 Å². The summed E-state index contributed by atoms with van der Waals surface area (Å²) in [6.07, 6.45) is 12.9. The number of hydrogen-bond acceptors (Lipinski definition) is 1. The van der Waals surface area contributed by atoms with Crippen molar-refractivity contribution in [2.24, 2.45) is 0 Å². The Hall–Kier alpha value is -1.57. The zero-order valence-electron chi connectivity index (χ0n) is 6.95. The number of amides is 1. The highest BCUT2D eigenvalue weighted by Crippen LogP contribution is 2.00. The van der Waals surface area contributed by atoms with Crippen LogP contribution >= 0.6 is 0 Å². The molecule has 0 fully saturated rings. The molecule has 0 aromatic heterocycles. The largest absolute Gasteiger partial charge is 0.355 e. The molecule has 0 heterocycles. The third kappa shape index (κ3) is 2.23. The predicted octanol–water partition coefficient (Wildman–Crippen LogP) is 1.34. The molecule has 1 amide bonds. The summed E-state index contributed by atoms with van der Waals surface area (Å²) < 4.78 is 0.